The topological polar surface area (TPSA) is 52.7 Å². The molecule has 1 saturated carbocycles. The summed E-state index contributed by atoms with van der Waals surface area (Å²) < 4.78 is 0. The minimum Gasteiger partial charge on any atom is -0.317 e. The number of carbonyl (C=O) groups excluding carboxylic acids is 2. The van der Waals surface area contributed by atoms with Gasteiger partial charge < -0.3 is 15.1 Å². The van der Waals surface area contributed by atoms with E-state index < -0.39 is 0 Å². The average Bonchev–Trinajstić information content (AvgIpc) is 3.44. The Morgan fingerprint density at radius 3 is 2.38 bits per heavy atom. The van der Waals surface area contributed by atoms with Crippen LogP contribution in [0.4, 0.5) is 16.2 Å². The van der Waals surface area contributed by atoms with Gasteiger partial charge in [0.25, 0.3) is 0 Å². The summed E-state index contributed by atoms with van der Waals surface area (Å²) in [6.45, 7) is 4.20. The lowest BCUT2D eigenvalue weighted by atomic mass is 10.1. The second-order valence-corrected chi connectivity index (χ2v) is 6.90. The van der Waals surface area contributed by atoms with Crippen molar-refractivity contribution in [1.82, 2.24) is 4.90 Å². The first kappa shape index (κ1) is 18.0. The van der Waals surface area contributed by atoms with E-state index in [1.807, 2.05) is 35.2 Å². The Balaban J connectivity index is 1.67. The number of anilines is 2. The maximum absolute atomic E-state index is 12.8. The van der Waals surface area contributed by atoms with Crippen LogP contribution < -0.4 is 10.2 Å². The summed E-state index contributed by atoms with van der Waals surface area (Å²) in [5.41, 5.74) is 3.87. The summed E-state index contributed by atoms with van der Waals surface area (Å²) in [4.78, 5) is 27.7. The van der Waals surface area contributed by atoms with Crippen LogP contribution in [0.3, 0.4) is 0 Å². The summed E-state index contributed by atoms with van der Waals surface area (Å²) in [6, 6.07) is 15.8. The van der Waals surface area contributed by atoms with Gasteiger partial charge in [0.2, 0.25) is 5.91 Å². The van der Waals surface area contributed by atoms with E-state index in [9.17, 15) is 9.59 Å². The van der Waals surface area contributed by atoms with Gasteiger partial charge in [0.05, 0.1) is 0 Å². The Morgan fingerprint density at radius 1 is 1.12 bits per heavy atom. The third kappa shape index (κ3) is 4.42. The average molecular weight is 351 g/mol. The third-order valence-corrected chi connectivity index (χ3v) is 4.66. The van der Waals surface area contributed by atoms with Crippen LogP contribution in [-0.2, 0) is 11.3 Å². The van der Waals surface area contributed by atoms with Gasteiger partial charge in [-0.05, 0) is 49.6 Å². The summed E-state index contributed by atoms with van der Waals surface area (Å²) >= 11 is 0. The molecule has 0 bridgehead atoms. The minimum atomic E-state index is -0.0818. The van der Waals surface area contributed by atoms with Crippen LogP contribution in [0.1, 0.15) is 30.9 Å². The highest BCUT2D eigenvalue weighted by atomic mass is 16.2. The predicted molar refractivity (Wildman–Crippen MR) is 104 cm³/mol. The summed E-state index contributed by atoms with van der Waals surface area (Å²) in [7, 11) is 1.73. The first-order chi connectivity index (χ1) is 12.4. The standard InChI is InChI=1S/C21H25N3O2/c1-15-5-4-6-17(13-15)14-24(20-11-12-20)21(26)22-18-7-9-19(10-8-18)23(3)16(2)25/h4-10,13,20H,11-12,14H2,1-3H3,(H,22,26). The van der Waals surface area contributed by atoms with Crippen molar-refractivity contribution in [1.29, 1.82) is 0 Å². The summed E-state index contributed by atoms with van der Waals surface area (Å²) in [6.07, 6.45) is 2.11. The Kier molecular flexibility index (Phi) is 5.26. The van der Waals surface area contributed by atoms with Crippen molar-refractivity contribution in [2.24, 2.45) is 0 Å². The normalized spacial score (nSPS) is 13.2. The molecule has 1 aliphatic rings. The molecule has 0 heterocycles. The van der Waals surface area contributed by atoms with E-state index in [0.29, 0.717) is 12.6 Å². The number of nitrogens with zero attached hydrogens (tertiary/aromatic N) is 2. The largest absolute Gasteiger partial charge is 0.322 e. The van der Waals surface area contributed by atoms with Crippen molar-refractivity contribution < 1.29 is 9.59 Å². The van der Waals surface area contributed by atoms with Crippen LogP contribution in [0.15, 0.2) is 48.5 Å². The first-order valence-electron chi connectivity index (χ1n) is 8.91. The molecule has 3 rings (SSSR count). The van der Waals surface area contributed by atoms with Crippen LogP contribution in [0.5, 0.6) is 0 Å². The van der Waals surface area contributed by atoms with Crippen LogP contribution >= 0.6 is 0 Å². The molecule has 0 aromatic heterocycles. The lowest BCUT2D eigenvalue weighted by molar-refractivity contribution is -0.116. The van der Waals surface area contributed by atoms with Crippen molar-refractivity contribution in [3.63, 3.8) is 0 Å². The second-order valence-electron chi connectivity index (χ2n) is 6.90. The SMILES string of the molecule is CC(=O)N(C)c1ccc(NC(=O)N(Cc2cccc(C)c2)C2CC2)cc1. The maximum Gasteiger partial charge on any atom is 0.322 e. The first-order valence-corrected chi connectivity index (χ1v) is 8.91. The highest BCUT2D eigenvalue weighted by Gasteiger charge is 2.32. The van der Waals surface area contributed by atoms with Crippen molar-refractivity contribution in [3.05, 3.63) is 59.7 Å². The van der Waals surface area contributed by atoms with E-state index in [2.05, 4.69) is 30.4 Å². The summed E-state index contributed by atoms with van der Waals surface area (Å²) in [5, 5.41) is 2.98. The zero-order chi connectivity index (χ0) is 18.7. The van der Waals surface area contributed by atoms with Gasteiger partial charge in [0, 0.05) is 37.9 Å². The second kappa shape index (κ2) is 7.60. The Labute approximate surface area is 154 Å². The van der Waals surface area contributed by atoms with Gasteiger partial charge >= 0.3 is 6.03 Å². The number of benzene rings is 2. The van der Waals surface area contributed by atoms with Gasteiger partial charge in [-0.3, -0.25) is 4.79 Å². The minimum absolute atomic E-state index is 0.0279. The molecule has 3 amide bonds. The Morgan fingerprint density at radius 2 is 1.81 bits per heavy atom. The molecular weight excluding hydrogens is 326 g/mol. The Hall–Kier alpha value is -2.82. The fourth-order valence-corrected chi connectivity index (χ4v) is 2.91. The smallest absolute Gasteiger partial charge is 0.317 e. The van der Waals surface area contributed by atoms with E-state index in [-0.39, 0.29) is 11.9 Å². The number of rotatable bonds is 5. The zero-order valence-electron chi connectivity index (χ0n) is 15.5. The number of urea groups is 1. The molecule has 2 aromatic rings. The molecular formula is C21H25N3O2. The van der Waals surface area contributed by atoms with Gasteiger partial charge in [-0.25, -0.2) is 4.79 Å². The molecule has 0 unspecified atom stereocenters. The van der Waals surface area contributed by atoms with E-state index in [0.717, 1.165) is 29.8 Å². The number of carbonyl (C=O) groups is 2. The van der Waals surface area contributed by atoms with Crippen LogP contribution in [0, 0.1) is 6.92 Å². The van der Waals surface area contributed by atoms with Gasteiger partial charge in [0.1, 0.15) is 0 Å². The maximum atomic E-state index is 12.8. The van der Waals surface area contributed by atoms with E-state index in [1.165, 1.54) is 12.5 Å². The van der Waals surface area contributed by atoms with Gasteiger partial charge in [-0.1, -0.05) is 29.8 Å². The monoisotopic (exact) mass is 351 g/mol. The van der Waals surface area contributed by atoms with Crippen molar-refractivity contribution in [2.75, 3.05) is 17.3 Å². The van der Waals surface area contributed by atoms with E-state index >= 15 is 0 Å². The highest BCUT2D eigenvalue weighted by molar-refractivity contribution is 5.92. The van der Waals surface area contributed by atoms with Crippen molar-refractivity contribution >= 4 is 23.3 Å². The molecule has 0 aliphatic heterocycles. The zero-order valence-corrected chi connectivity index (χ0v) is 15.5. The third-order valence-electron chi connectivity index (χ3n) is 4.66. The number of amides is 3. The quantitative estimate of drug-likeness (QED) is 0.879. The van der Waals surface area contributed by atoms with Gasteiger partial charge in [-0.15, -0.1) is 0 Å². The molecule has 0 atom stereocenters. The number of hydrogen-bond donors (Lipinski definition) is 1. The summed E-state index contributed by atoms with van der Waals surface area (Å²) in [5.74, 6) is -0.0279. The fraction of sp³-hybridized carbons (Fsp3) is 0.333. The molecule has 1 N–H and O–H groups in total. The number of nitrogens with one attached hydrogen (secondary N) is 1. The van der Waals surface area contributed by atoms with Crippen LogP contribution in [-0.4, -0.2) is 29.9 Å². The van der Waals surface area contributed by atoms with Gasteiger partial charge in [0.15, 0.2) is 0 Å². The lowest BCUT2D eigenvalue weighted by Gasteiger charge is -2.23. The molecule has 1 aliphatic carbocycles. The molecule has 5 heteroatoms. The van der Waals surface area contributed by atoms with Crippen LogP contribution in [0.2, 0.25) is 0 Å². The molecule has 0 spiro atoms. The van der Waals surface area contributed by atoms with E-state index in [1.54, 1.807) is 11.9 Å². The van der Waals surface area contributed by atoms with Gasteiger partial charge in [-0.2, -0.15) is 0 Å². The fourth-order valence-electron chi connectivity index (χ4n) is 2.91. The molecule has 26 heavy (non-hydrogen) atoms. The van der Waals surface area contributed by atoms with Crippen molar-refractivity contribution in [3.8, 4) is 0 Å². The predicted octanol–water partition coefficient (Wildman–Crippen LogP) is 4.17. The molecule has 0 radical (unpaired) electrons. The van der Waals surface area contributed by atoms with Crippen molar-refractivity contribution in [2.45, 2.75) is 39.3 Å². The highest BCUT2D eigenvalue weighted by Crippen LogP contribution is 2.29. The van der Waals surface area contributed by atoms with Crippen LogP contribution in [0.25, 0.3) is 0 Å². The lowest BCUT2D eigenvalue weighted by Crippen LogP contribution is -2.36. The Bertz CT molecular complexity index is 797. The molecule has 0 saturated heterocycles. The molecule has 5 nitrogen and oxygen atoms in total. The number of hydrogen-bond acceptors (Lipinski definition) is 2. The molecule has 1 fully saturated rings. The van der Waals surface area contributed by atoms with E-state index in [4.69, 9.17) is 0 Å². The molecule has 2 aromatic carbocycles. The molecule has 136 valence electrons. The number of aryl methyl sites for hydroxylation is 1.